The molecule has 5 heteroatoms. The van der Waals surface area contributed by atoms with Gasteiger partial charge in [0.05, 0.1) is 0 Å². The van der Waals surface area contributed by atoms with Gasteiger partial charge in [-0.1, -0.05) is 0 Å². The van der Waals surface area contributed by atoms with E-state index < -0.39 is 0 Å². The van der Waals surface area contributed by atoms with E-state index in [0.29, 0.717) is 17.9 Å². The predicted octanol–water partition coefficient (Wildman–Crippen LogP) is 1.86. The molecule has 0 aliphatic carbocycles. The second-order valence-electron chi connectivity index (χ2n) is 6.28. The van der Waals surface area contributed by atoms with E-state index in [-0.39, 0.29) is 11.6 Å². The highest BCUT2D eigenvalue weighted by Crippen LogP contribution is 2.27. The molecule has 0 spiro atoms. The highest BCUT2D eigenvalue weighted by atomic mass is 16.1. The molecule has 2 atom stereocenters. The molecule has 2 fully saturated rings. The summed E-state index contributed by atoms with van der Waals surface area (Å²) in [6.45, 7) is 6.43. The van der Waals surface area contributed by atoms with Crippen LogP contribution in [-0.2, 0) is 0 Å². The molecule has 0 saturated carbocycles. The van der Waals surface area contributed by atoms with Crippen molar-refractivity contribution in [3.05, 3.63) is 22.7 Å². The summed E-state index contributed by atoms with van der Waals surface area (Å²) in [5.74, 6) is 0.512. The van der Waals surface area contributed by atoms with E-state index in [1.807, 2.05) is 13.8 Å². The third kappa shape index (κ3) is 2.59. The zero-order chi connectivity index (χ0) is 14.1. The largest absolute Gasteiger partial charge is 0.363 e. The average Bonchev–Trinajstić information content (AvgIpc) is 2.88. The maximum Gasteiger partial charge on any atom is 0.293 e. The van der Waals surface area contributed by atoms with Crippen LogP contribution in [0.1, 0.15) is 45.6 Å². The Morgan fingerprint density at radius 2 is 2.20 bits per heavy atom. The Labute approximate surface area is 120 Å². The van der Waals surface area contributed by atoms with Gasteiger partial charge in [0.25, 0.3) is 5.56 Å². The first-order chi connectivity index (χ1) is 9.65. The lowest BCUT2D eigenvalue weighted by atomic mass is 9.98. The second-order valence-corrected chi connectivity index (χ2v) is 6.28. The summed E-state index contributed by atoms with van der Waals surface area (Å²) in [6.07, 6.45) is 8.34. The van der Waals surface area contributed by atoms with Crippen LogP contribution in [0.15, 0.2) is 17.2 Å². The molecule has 5 nitrogen and oxygen atoms in total. The Hall–Kier alpha value is -1.36. The molecule has 0 aromatic carbocycles. The molecule has 0 radical (unpaired) electrons. The molecular weight excluding hydrogens is 252 g/mol. The minimum atomic E-state index is -0.00338. The number of anilines is 1. The fraction of sp³-hybridized carbons (Fsp3) is 0.733. The van der Waals surface area contributed by atoms with Gasteiger partial charge >= 0.3 is 0 Å². The lowest BCUT2D eigenvalue weighted by Crippen LogP contribution is -2.43. The molecule has 0 amide bonds. The topological polar surface area (TPSA) is 50.2 Å². The summed E-state index contributed by atoms with van der Waals surface area (Å²) in [5, 5.41) is 3.39. The standard InChI is InChI=1S/C15H24N4O/c1-11(2)19-9-6-16-14(15(19)20)17-12-5-8-18-7-3-4-13(18)10-12/h6,9,11-13H,3-5,7-8,10H2,1-2H3,(H,16,17). The first kappa shape index (κ1) is 13.6. The number of rotatable bonds is 3. The number of fused-ring (bicyclic) bond motifs is 1. The van der Waals surface area contributed by atoms with Crippen LogP contribution in [0.3, 0.4) is 0 Å². The zero-order valence-electron chi connectivity index (χ0n) is 12.4. The Bertz CT molecular complexity index is 525. The average molecular weight is 276 g/mol. The van der Waals surface area contributed by atoms with Crippen molar-refractivity contribution in [2.75, 3.05) is 18.4 Å². The lowest BCUT2D eigenvalue weighted by Gasteiger charge is -2.35. The minimum Gasteiger partial charge on any atom is -0.363 e. The third-order valence-corrected chi connectivity index (χ3v) is 4.59. The van der Waals surface area contributed by atoms with E-state index >= 15 is 0 Å². The molecule has 2 aliphatic heterocycles. The number of nitrogens with zero attached hydrogens (tertiary/aromatic N) is 3. The van der Waals surface area contributed by atoms with Gasteiger partial charge in [0.2, 0.25) is 0 Å². The number of aromatic nitrogens is 2. The lowest BCUT2D eigenvalue weighted by molar-refractivity contribution is 0.188. The van der Waals surface area contributed by atoms with Crippen molar-refractivity contribution in [1.29, 1.82) is 0 Å². The van der Waals surface area contributed by atoms with Crippen LogP contribution in [0, 0.1) is 0 Å². The van der Waals surface area contributed by atoms with Gasteiger partial charge in [0.15, 0.2) is 5.82 Å². The van der Waals surface area contributed by atoms with Crippen molar-refractivity contribution in [2.45, 2.75) is 57.7 Å². The van der Waals surface area contributed by atoms with Crippen molar-refractivity contribution in [1.82, 2.24) is 14.5 Å². The van der Waals surface area contributed by atoms with Gasteiger partial charge in [0.1, 0.15) is 0 Å². The predicted molar refractivity (Wildman–Crippen MR) is 80.1 cm³/mol. The normalized spacial score (nSPS) is 26.8. The number of nitrogens with one attached hydrogen (secondary N) is 1. The van der Waals surface area contributed by atoms with E-state index in [9.17, 15) is 4.79 Å². The van der Waals surface area contributed by atoms with E-state index in [2.05, 4.69) is 15.2 Å². The van der Waals surface area contributed by atoms with Crippen LogP contribution in [0.4, 0.5) is 5.82 Å². The smallest absolute Gasteiger partial charge is 0.293 e. The van der Waals surface area contributed by atoms with Crippen LogP contribution in [0.2, 0.25) is 0 Å². The minimum absolute atomic E-state index is 0.00338. The van der Waals surface area contributed by atoms with Gasteiger partial charge in [-0.15, -0.1) is 0 Å². The van der Waals surface area contributed by atoms with Crippen LogP contribution in [0.25, 0.3) is 0 Å². The van der Waals surface area contributed by atoms with Crippen LogP contribution < -0.4 is 10.9 Å². The third-order valence-electron chi connectivity index (χ3n) is 4.59. The highest BCUT2D eigenvalue weighted by molar-refractivity contribution is 5.32. The summed E-state index contributed by atoms with van der Waals surface area (Å²) in [4.78, 5) is 19.2. The van der Waals surface area contributed by atoms with Crippen molar-refractivity contribution >= 4 is 5.82 Å². The fourth-order valence-corrected chi connectivity index (χ4v) is 3.48. The Balaban J connectivity index is 1.72. The summed E-state index contributed by atoms with van der Waals surface area (Å²) < 4.78 is 1.74. The van der Waals surface area contributed by atoms with E-state index in [4.69, 9.17) is 0 Å². The zero-order valence-corrected chi connectivity index (χ0v) is 12.4. The first-order valence-corrected chi connectivity index (χ1v) is 7.73. The molecule has 110 valence electrons. The van der Waals surface area contributed by atoms with Crippen molar-refractivity contribution < 1.29 is 0 Å². The summed E-state index contributed by atoms with van der Waals surface area (Å²) >= 11 is 0. The Kier molecular flexibility index (Phi) is 3.78. The van der Waals surface area contributed by atoms with Crippen LogP contribution in [-0.4, -0.2) is 39.6 Å². The van der Waals surface area contributed by atoms with Crippen molar-refractivity contribution in [2.24, 2.45) is 0 Å². The second kappa shape index (κ2) is 5.56. The maximum atomic E-state index is 12.3. The molecule has 2 saturated heterocycles. The molecule has 1 aromatic rings. The van der Waals surface area contributed by atoms with Gasteiger partial charge in [-0.05, 0) is 46.1 Å². The SMILES string of the molecule is CC(C)n1ccnc(NC2CCN3CCCC3C2)c1=O. The van der Waals surface area contributed by atoms with E-state index in [0.717, 1.165) is 19.4 Å². The van der Waals surface area contributed by atoms with Crippen molar-refractivity contribution in [3.63, 3.8) is 0 Å². The molecule has 2 aliphatic rings. The van der Waals surface area contributed by atoms with Crippen LogP contribution >= 0.6 is 0 Å². The monoisotopic (exact) mass is 276 g/mol. The Morgan fingerprint density at radius 3 is 3.00 bits per heavy atom. The molecule has 3 heterocycles. The van der Waals surface area contributed by atoms with Gasteiger partial charge in [-0.3, -0.25) is 4.79 Å². The maximum absolute atomic E-state index is 12.3. The molecule has 3 rings (SSSR count). The van der Waals surface area contributed by atoms with Gasteiger partial charge < -0.3 is 14.8 Å². The summed E-state index contributed by atoms with van der Waals surface area (Å²) in [7, 11) is 0. The van der Waals surface area contributed by atoms with Gasteiger partial charge in [0, 0.05) is 37.1 Å². The Morgan fingerprint density at radius 1 is 1.35 bits per heavy atom. The fourth-order valence-electron chi connectivity index (χ4n) is 3.48. The molecule has 20 heavy (non-hydrogen) atoms. The molecule has 2 unspecified atom stereocenters. The van der Waals surface area contributed by atoms with Gasteiger partial charge in [-0.2, -0.15) is 0 Å². The van der Waals surface area contributed by atoms with E-state index in [1.165, 1.54) is 19.4 Å². The highest BCUT2D eigenvalue weighted by Gasteiger charge is 2.31. The van der Waals surface area contributed by atoms with E-state index in [1.54, 1.807) is 17.0 Å². The first-order valence-electron chi connectivity index (χ1n) is 7.73. The molecule has 0 bridgehead atoms. The summed E-state index contributed by atoms with van der Waals surface area (Å²) in [6, 6.07) is 1.26. The quantitative estimate of drug-likeness (QED) is 0.915. The van der Waals surface area contributed by atoms with Gasteiger partial charge in [-0.25, -0.2) is 4.98 Å². The van der Waals surface area contributed by atoms with Crippen molar-refractivity contribution in [3.8, 4) is 0 Å². The molecular formula is C15H24N4O. The molecule has 1 aromatic heterocycles. The van der Waals surface area contributed by atoms with Crippen LogP contribution in [0.5, 0.6) is 0 Å². The molecule has 1 N–H and O–H groups in total. The number of piperidine rings is 1. The number of hydrogen-bond acceptors (Lipinski definition) is 4. The summed E-state index contributed by atoms with van der Waals surface area (Å²) in [5.41, 5.74) is -0.00338. The number of hydrogen-bond donors (Lipinski definition) is 1.